The van der Waals surface area contributed by atoms with Gasteiger partial charge in [0.1, 0.15) is 12.4 Å². The Labute approximate surface area is 190 Å². The third-order valence-electron chi connectivity index (χ3n) is 4.94. The van der Waals surface area contributed by atoms with Gasteiger partial charge in [0.2, 0.25) is 0 Å². The normalized spacial score (nSPS) is 10.7. The van der Waals surface area contributed by atoms with Gasteiger partial charge < -0.3 is 14.6 Å². The van der Waals surface area contributed by atoms with Crippen molar-refractivity contribution in [3.63, 3.8) is 0 Å². The van der Waals surface area contributed by atoms with Crippen molar-refractivity contribution in [2.75, 3.05) is 0 Å². The largest absolute Gasteiger partial charge is 0.550 e. The quantitative estimate of drug-likeness (QED) is 0.333. The van der Waals surface area contributed by atoms with Crippen LogP contribution in [-0.4, -0.2) is 5.97 Å². The van der Waals surface area contributed by atoms with Crippen LogP contribution in [0.5, 0.6) is 5.75 Å². The Morgan fingerprint density at radius 1 is 0.903 bits per heavy atom. The molecule has 1 aromatic heterocycles. The number of hydrogen-bond donors (Lipinski definition) is 0. The number of ether oxygens (including phenoxy) is 1. The fourth-order valence-electron chi connectivity index (χ4n) is 3.43. The lowest BCUT2D eigenvalue weighted by molar-refractivity contribution is -0.305. The highest BCUT2D eigenvalue weighted by Crippen LogP contribution is 2.42. The summed E-state index contributed by atoms with van der Waals surface area (Å²) in [5.74, 6) is -0.276. The number of halogens is 1. The van der Waals surface area contributed by atoms with Gasteiger partial charge in [-0.3, -0.25) is 0 Å². The topological polar surface area (TPSA) is 49.4 Å². The smallest absolute Gasteiger partial charge is 0.127 e. The van der Waals surface area contributed by atoms with Crippen LogP contribution >= 0.6 is 22.9 Å². The van der Waals surface area contributed by atoms with Gasteiger partial charge in [-0.15, -0.1) is 11.3 Å². The second-order valence-electron chi connectivity index (χ2n) is 7.15. The van der Waals surface area contributed by atoms with Gasteiger partial charge in [0.15, 0.2) is 0 Å². The first-order valence-electron chi connectivity index (χ1n) is 9.93. The van der Waals surface area contributed by atoms with Crippen molar-refractivity contribution in [1.29, 1.82) is 0 Å². The highest BCUT2D eigenvalue weighted by molar-refractivity contribution is 7.14. The van der Waals surface area contributed by atoms with Crippen molar-refractivity contribution >= 4 is 28.9 Å². The standard InChI is InChI=1S/C26H21ClO3S/c27-21-10-11-24(30-17-19-5-2-1-3-6-19)23(16-21)22-13-14-31-26(22)20-8-4-7-18(15-20)9-12-25(28)29/h1-8,10-11,13-16H,9,12,17H2,(H,28,29)/p-1. The maximum Gasteiger partial charge on any atom is 0.127 e. The maximum absolute atomic E-state index is 10.8. The monoisotopic (exact) mass is 447 g/mol. The fraction of sp³-hybridized carbons (Fsp3) is 0.115. The van der Waals surface area contributed by atoms with Gasteiger partial charge in [-0.1, -0.05) is 66.2 Å². The molecule has 0 aliphatic heterocycles. The number of carboxylic acid groups (broad SMARTS) is 1. The van der Waals surface area contributed by atoms with E-state index >= 15 is 0 Å². The molecule has 0 bridgehead atoms. The summed E-state index contributed by atoms with van der Waals surface area (Å²) in [4.78, 5) is 11.9. The Morgan fingerprint density at radius 3 is 2.52 bits per heavy atom. The predicted octanol–water partition coefficient (Wildman–Crippen LogP) is 6.00. The van der Waals surface area contributed by atoms with E-state index < -0.39 is 5.97 Å². The molecule has 4 rings (SSSR count). The minimum atomic E-state index is -1.04. The lowest BCUT2D eigenvalue weighted by atomic mass is 9.99. The Hall–Kier alpha value is -3.08. The van der Waals surface area contributed by atoms with Crippen LogP contribution in [0.3, 0.4) is 0 Å². The number of thiophene rings is 1. The van der Waals surface area contributed by atoms with E-state index in [9.17, 15) is 9.90 Å². The van der Waals surface area contributed by atoms with Crippen molar-refractivity contribution in [3.8, 4) is 27.3 Å². The van der Waals surface area contributed by atoms with E-state index in [1.54, 1.807) is 11.3 Å². The van der Waals surface area contributed by atoms with Crippen molar-refractivity contribution in [3.05, 3.63) is 100 Å². The van der Waals surface area contributed by atoms with E-state index in [0.29, 0.717) is 18.1 Å². The van der Waals surface area contributed by atoms with E-state index in [1.807, 2.05) is 78.2 Å². The van der Waals surface area contributed by atoms with Gasteiger partial charge in [-0.25, -0.2) is 0 Å². The molecule has 0 spiro atoms. The van der Waals surface area contributed by atoms with Crippen molar-refractivity contribution in [1.82, 2.24) is 0 Å². The average molecular weight is 448 g/mol. The summed E-state index contributed by atoms with van der Waals surface area (Å²) < 4.78 is 6.16. The third-order valence-corrected chi connectivity index (χ3v) is 6.14. The molecular weight excluding hydrogens is 428 g/mol. The zero-order valence-corrected chi connectivity index (χ0v) is 18.3. The molecule has 0 radical (unpaired) electrons. The minimum Gasteiger partial charge on any atom is -0.550 e. The van der Waals surface area contributed by atoms with Crippen LogP contribution in [0.25, 0.3) is 21.6 Å². The van der Waals surface area contributed by atoms with Gasteiger partial charge in [-0.05, 0) is 59.2 Å². The average Bonchev–Trinajstić information content (AvgIpc) is 3.27. The molecule has 1 heterocycles. The second kappa shape index (κ2) is 9.82. The number of benzene rings is 3. The van der Waals surface area contributed by atoms with Crippen LogP contribution in [0.1, 0.15) is 17.5 Å². The summed E-state index contributed by atoms with van der Waals surface area (Å²) in [7, 11) is 0. The lowest BCUT2D eigenvalue weighted by Gasteiger charge is -2.14. The fourth-order valence-corrected chi connectivity index (χ4v) is 4.51. The minimum absolute atomic E-state index is 0.00647. The number of carbonyl (C=O) groups is 1. The van der Waals surface area contributed by atoms with Gasteiger partial charge in [0.25, 0.3) is 0 Å². The number of carboxylic acids is 1. The summed E-state index contributed by atoms with van der Waals surface area (Å²) in [6.45, 7) is 0.466. The number of aryl methyl sites for hydroxylation is 1. The zero-order valence-electron chi connectivity index (χ0n) is 16.7. The number of carbonyl (C=O) groups excluding carboxylic acids is 1. The Balaban J connectivity index is 1.66. The molecule has 3 nitrogen and oxygen atoms in total. The SMILES string of the molecule is O=C([O-])CCc1cccc(-c2sccc2-c2cc(Cl)ccc2OCc2ccccc2)c1. The Morgan fingerprint density at radius 2 is 1.71 bits per heavy atom. The van der Waals surface area contributed by atoms with Gasteiger partial charge in [0.05, 0.1) is 0 Å². The number of aliphatic carboxylic acids is 1. The summed E-state index contributed by atoms with van der Waals surface area (Å²) >= 11 is 7.96. The van der Waals surface area contributed by atoms with E-state index in [0.717, 1.165) is 38.4 Å². The first-order valence-corrected chi connectivity index (χ1v) is 11.2. The summed E-state index contributed by atoms with van der Waals surface area (Å²) in [5, 5.41) is 13.5. The molecule has 0 N–H and O–H groups in total. The highest BCUT2D eigenvalue weighted by atomic mass is 35.5. The van der Waals surface area contributed by atoms with Gasteiger partial charge >= 0.3 is 0 Å². The maximum atomic E-state index is 10.8. The molecule has 0 fully saturated rings. The van der Waals surface area contributed by atoms with Crippen molar-refractivity contribution < 1.29 is 14.6 Å². The van der Waals surface area contributed by atoms with Crippen LogP contribution in [0.15, 0.2) is 84.2 Å². The zero-order chi connectivity index (χ0) is 21.6. The molecule has 0 saturated heterocycles. The molecule has 0 atom stereocenters. The van der Waals surface area contributed by atoms with Crippen LogP contribution in [0.4, 0.5) is 0 Å². The van der Waals surface area contributed by atoms with E-state index in [4.69, 9.17) is 16.3 Å². The van der Waals surface area contributed by atoms with Crippen molar-refractivity contribution in [2.24, 2.45) is 0 Å². The molecule has 0 saturated carbocycles. The summed E-state index contributed by atoms with van der Waals surface area (Å²) in [6, 6.07) is 25.7. The highest BCUT2D eigenvalue weighted by Gasteiger charge is 2.15. The van der Waals surface area contributed by atoms with Crippen LogP contribution in [-0.2, 0) is 17.8 Å². The molecule has 4 aromatic rings. The molecule has 156 valence electrons. The first kappa shape index (κ1) is 21.2. The molecule has 31 heavy (non-hydrogen) atoms. The summed E-state index contributed by atoms with van der Waals surface area (Å²) in [6.07, 6.45) is 0.450. The van der Waals surface area contributed by atoms with E-state index in [2.05, 4.69) is 6.07 Å². The van der Waals surface area contributed by atoms with Crippen LogP contribution < -0.4 is 9.84 Å². The molecular formula is C26H20ClO3S-. The molecule has 0 aliphatic rings. The first-order chi connectivity index (χ1) is 15.1. The predicted molar refractivity (Wildman–Crippen MR) is 124 cm³/mol. The molecule has 5 heteroatoms. The lowest BCUT2D eigenvalue weighted by Crippen LogP contribution is -2.22. The van der Waals surface area contributed by atoms with E-state index in [1.165, 1.54) is 0 Å². The number of rotatable bonds is 8. The molecule has 0 unspecified atom stereocenters. The van der Waals surface area contributed by atoms with Crippen LogP contribution in [0, 0.1) is 0 Å². The summed E-state index contributed by atoms with van der Waals surface area (Å²) in [5.41, 5.74) is 5.06. The molecule has 0 aliphatic carbocycles. The third kappa shape index (κ3) is 5.35. The van der Waals surface area contributed by atoms with Gasteiger partial charge in [-0.2, -0.15) is 0 Å². The Bertz CT molecular complexity index is 1180. The molecule has 0 amide bonds. The van der Waals surface area contributed by atoms with Gasteiger partial charge in [0, 0.05) is 27.0 Å². The Kier molecular flexibility index (Phi) is 6.70. The second-order valence-corrected chi connectivity index (χ2v) is 8.50. The van der Waals surface area contributed by atoms with Crippen LogP contribution in [0.2, 0.25) is 5.02 Å². The molecule has 3 aromatic carbocycles. The van der Waals surface area contributed by atoms with Crippen molar-refractivity contribution in [2.45, 2.75) is 19.4 Å². The number of hydrogen-bond acceptors (Lipinski definition) is 4. The van der Waals surface area contributed by atoms with E-state index in [-0.39, 0.29) is 6.42 Å².